The largest absolute Gasteiger partial charge is 0.347 e. The van der Waals surface area contributed by atoms with Gasteiger partial charge in [0.25, 0.3) is 5.91 Å². The number of aryl methyl sites for hydroxylation is 1. The van der Waals surface area contributed by atoms with Crippen LogP contribution in [0.1, 0.15) is 34.9 Å². The summed E-state index contributed by atoms with van der Waals surface area (Å²) in [5, 5.41) is 4.09. The Morgan fingerprint density at radius 2 is 1.87 bits per heavy atom. The summed E-state index contributed by atoms with van der Waals surface area (Å²) in [6.07, 6.45) is 4.86. The highest BCUT2D eigenvalue weighted by molar-refractivity contribution is 5.92. The molecule has 0 atom stereocenters. The number of carbonyl (C=O) groups excluding carboxylic acids is 1. The summed E-state index contributed by atoms with van der Waals surface area (Å²) >= 11 is 0. The Morgan fingerprint density at radius 3 is 2.50 bits per heavy atom. The fourth-order valence-electron chi connectivity index (χ4n) is 3.90. The molecular formula is C22H25FN6O. The van der Waals surface area contributed by atoms with Crippen molar-refractivity contribution in [3.63, 3.8) is 0 Å². The fourth-order valence-corrected chi connectivity index (χ4v) is 3.90. The van der Waals surface area contributed by atoms with Crippen LogP contribution >= 0.6 is 0 Å². The van der Waals surface area contributed by atoms with Gasteiger partial charge in [0.1, 0.15) is 11.5 Å². The lowest BCUT2D eigenvalue weighted by atomic mass is 9.88. The first-order chi connectivity index (χ1) is 14.5. The number of aromatic nitrogens is 4. The number of benzene rings is 1. The van der Waals surface area contributed by atoms with Crippen molar-refractivity contribution in [1.29, 1.82) is 0 Å². The third-order valence-electron chi connectivity index (χ3n) is 5.58. The van der Waals surface area contributed by atoms with Crippen molar-refractivity contribution in [2.45, 2.75) is 18.8 Å². The zero-order chi connectivity index (χ0) is 21.3. The van der Waals surface area contributed by atoms with E-state index in [1.165, 1.54) is 6.07 Å². The van der Waals surface area contributed by atoms with Gasteiger partial charge >= 0.3 is 0 Å². The Bertz CT molecular complexity index is 1060. The van der Waals surface area contributed by atoms with Crippen LogP contribution in [-0.4, -0.2) is 57.7 Å². The first kappa shape index (κ1) is 20.0. The zero-order valence-electron chi connectivity index (χ0n) is 17.4. The molecule has 0 aliphatic carbocycles. The van der Waals surface area contributed by atoms with Gasteiger partial charge in [-0.2, -0.15) is 5.10 Å². The fraction of sp³-hybridized carbons (Fsp3) is 0.364. The maximum absolute atomic E-state index is 14.5. The van der Waals surface area contributed by atoms with Gasteiger partial charge in [-0.15, -0.1) is 0 Å². The number of halogens is 1. The van der Waals surface area contributed by atoms with Crippen molar-refractivity contribution in [1.82, 2.24) is 24.6 Å². The lowest BCUT2D eigenvalue weighted by Gasteiger charge is -2.32. The Balaban J connectivity index is 1.61. The predicted molar refractivity (Wildman–Crippen MR) is 113 cm³/mol. The van der Waals surface area contributed by atoms with Crippen LogP contribution in [0.15, 0.2) is 42.7 Å². The smallest absolute Gasteiger partial charge is 0.272 e. The molecule has 1 saturated heterocycles. The molecule has 0 spiro atoms. The van der Waals surface area contributed by atoms with Crippen LogP contribution in [0.3, 0.4) is 0 Å². The van der Waals surface area contributed by atoms with E-state index in [4.69, 9.17) is 4.98 Å². The molecule has 1 amide bonds. The van der Waals surface area contributed by atoms with Gasteiger partial charge in [0.05, 0.1) is 5.69 Å². The molecular weight excluding hydrogens is 383 g/mol. The topological polar surface area (TPSA) is 67.2 Å². The number of amides is 1. The van der Waals surface area contributed by atoms with E-state index in [1.807, 2.05) is 30.0 Å². The molecule has 8 heteroatoms. The molecule has 1 aliphatic heterocycles. The van der Waals surface area contributed by atoms with E-state index in [0.717, 1.165) is 24.1 Å². The second kappa shape index (κ2) is 8.22. The number of likely N-dealkylation sites (tertiary alicyclic amines) is 1. The minimum Gasteiger partial charge on any atom is -0.347 e. The van der Waals surface area contributed by atoms with E-state index < -0.39 is 0 Å². The molecule has 7 nitrogen and oxygen atoms in total. The first-order valence-electron chi connectivity index (χ1n) is 10.0. The molecule has 2 aromatic heterocycles. The van der Waals surface area contributed by atoms with Crippen LogP contribution in [0.4, 0.5) is 10.3 Å². The van der Waals surface area contributed by atoms with E-state index in [-0.39, 0.29) is 17.6 Å². The molecule has 1 aliphatic rings. The molecule has 3 aromatic rings. The molecule has 3 heterocycles. The Morgan fingerprint density at radius 1 is 1.13 bits per heavy atom. The molecule has 4 rings (SSSR count). The quantitative estimate of drug-likeness (QED) is 0.664. The highest BCUT2D eigenvalue weighted by Gasteiger charge is 2.29. The summed E-state index contributed by atoms with van der Waals surface area (Å²) < 4.78 is 16.1. The monoisotopic (exact) mass is 408 g/mol. The Labute approximate surface area is 175 Å². The maximum atomic E-state index is 14.5. The van der Waals surface area contributed by atoms with Crippen LogP contribution in [0.5, 0.6) is 0 Å². The number of rotatable bonds is 4. The second-order valence-electron chi connectivity index (χ2n) is 7.75. The summed E-state index contributed by atoms with van der Waals surface area (Å²) in [7, 11) is 5.54. The average Bonchev–Trinajstić information content (AvgIpc) is 3.19. The van der Waals surface area contributed by atoms with Crippen molar-refractivity contribution in [2.24, 2.45) is 7.05 Å². The summed E-state index contributed by atoms with van der Waals surface area (Å²) in [5.41, 5.74) is 2.64. The predicted octanol–water partition coefficient (Wildman–Crippen LogP) is 3.10. The lowest BCUT2D eigenvalue weighted by Crippen LogP contribution is -2.39. The number of hydrogen-bond donors (Lipinski definition) is 0. The van der Waals surface area contributed by atoms with Crippen molar-refractivity contribution < 1.29 is 9.18 Å². The standard InChI is InChI=1S/C22H25FN6O/c1-27(2)22-24-14-17(16-6-4-5-7-18(16)23)20(26-22)15-9-12-29(13-10-15)21(30)19-8-11-25-28(19)3/h4-8,11,14-15H,9-10,12-13H2,1-3H3. The molecule has 1 aromatic carbocycles. The van der Waals surface area contributed by atoms with Gasteiger partial charge in [-0.05, 0) is 25.0 Å². The number of piperidine rings is 1. The van der Waals surface area contributed by atoms with Gasteiger partial charge in [-0.1, -0.05) is 18.2 Å². The summed E-state index contributed by atoms with van der Waals surface area (Å²) in [6, 6.07) is 8.44. The normalized spacial score (nSPS) is 14.7. The van der Waals surface area contributed by atoms with Crippen LogP contribution < -0.4 is 4.90 Å². The number of carbonyl (C=O) groups is 1. The van der Waals surface area contributed by atoms with Crippen molar-refractivity contribution >= 4 is 11.9 Å². The SMILES string of the molecule is CN(C)c1ncc(-c2ccccc2F)c(C2CCN(C(=O)c3ccnn3C)CC2)n1. The molecule has 156 valence electrons. The lowest BCUT2D eigenvalue weighted by molar-refractivity contribution is 0.0701. The zero-order valence-corrected chi connectivity index (χ0v) is 17.4. The van der Waals surface area contributed by atoms with Crippen molar-refractivity contribution in [3.05, 3.63) is 59.9 Å². The van der Waals surface area contributed by atoms with Gasteiger partial charge in [-0.3, -0.25) is 9.48 Å². The maximum Gasteiger partial charge on any atom is 0.272 e. The highest BCUT2D eigenvalue weighted by Crippen LogP contribution is 2.35. The minimum absolute atomic E-state index is 0.0144. The number of nitrogens with zero attached hydrogens (tertiary/aromatic N) is 6. The van der Waals surface area contributed by atoms with E-state index in [9.17, 15) is 9.18 Å². The van der Waals surface area contributed by atoms with Crippen molar-refractivity contribution in [2.75, 3.05) is 32.1 Å². The van der Waals surface area contributed by atoms with E-state index >= 15 is 0 Å². The van der Waals surface area contributed by atoms with E-state index in [2.05, 4.69) is 10.1 Å². The highest BCUT2D eigenvalue weighted by atomic mass is 19.1. The molecule has 0 bridgehead atoms. The number of hydrogen-bond acceptors (Lipinski definition) is 5. The summed E-state index contributed by atoms with van der Waals surface area (Å²) in [6.45, 7) is 1.24. The van der Waals surface area contributed by atoms with Gasteiger partial charge in [0, 0.05) is 63.7 Å². The van der Waals surface area contributed by atoms with Gasteiger partial charge in [0.15, 0.2) is 0 Å². The summed E-state index contributed by atoms with van der Waals surface area (Å²) in [4.78, 5) is 25.7. The van der Waals surface area contributed by atoms with Crippen LogP contribution in [0.2, 0.25) is 0 Å². The molecule has 30 heavy (non-hydrogen) atoms. The van der Waals surface area contributed by atoms with Gasteiger partial charge in [-0.25, -0.2) is 14.4 Å². The molecule has 0 unspecified atom stereocenters. The average molecular weight is 408 g/mol. The molecule has 0 saturated carbocycles. The second-order valence-corrected chi connectivity index (χ2v) is 7.75. The van der Waals surface area contributed by atoms with Crippen molar-refractivity contribution in [3.8, 4) is 11.1 Å². The van der Waals surface area contributed by atoms with Crippen LogP contribution in [0, 0.1) is 5.82 Å². The number of anilines is 1. The minimum atomic E-state index is -0.288. The first-order valence-corrected chi connectivity index (χ1v) is 10.0. The van der Waals surface area contributed by atoms with E-state index in [0.29, 0.717) is 30.3 Å². The van der Waals surface area contributed by atoms with Gasteiger partial charge in [0.2, 0.25) is 5.95 Å². The molecule has 0 radical (unpaired) electrons. The summed E-state index contributed by atoms with van der Waals surface area (Å²) in [5.74, 6) is 0.415. The van der Waals surface area contributed by atoms with E-state index in [1.54, 1.807) is 42.3 Å². The van der Waals surface area contributed by atoms with Crippen LogP contribution in [0.25, 0.3) is 11.1 Å². The molecule has 0 N–H and O–H groups in total. The van der Waals surface area contributed by atoms with Crippen LogP contribution in [-0.2, 0) is 7.05 Å². The molecule has 1 fully saturated rings. The Kier molecular flexibility index (Phi) is 5.48. The van der Waals surface area contributed by atoms with Gasteiger partial charge < -0.3 is 9.80 Å². The third-order valence-corrected chi connectivity index (χ3v) is 5.58. The Hall–Kier alpha value is -3.29. The third kappa shape index (κ3) is 3.77.